The minimum absolute atomic E-state index is 0.0601. The molecule has 0 unspecified atom stereocenters. The van der Waals surface area contributed by atoms with Crippen molar-refractivity contribution < 1.29 is 9.90 Å². The largest absolute Gasteiger partial charge is 0.477 e. The van der Waals surface area contributed by atoms with Crippen molar-refractivity contribution >= 4 is 12.0 Å². The van der Waals surface area contributed by atoms with Gasteiger partial charge in [-0.15, -0.1) is 0 Å². The smallest absolute Gasteiger partial charge is 0.354 e. The molecule has 1 N–H and O–H groups in total. The Hall–Kier alpha value is -1.64. The number of aromatic carboxylic acids is 1. The molecule has 0 saturated carbocycles. The fraction of sp³-hybridized carbons (Fsp3) is 0.111. The molecule has 0 amide bonds. The van der Waals surface area contributed by atoms with Crippen LogP contribution >= 0.6 is 0 Å². The highest BCUT2D eigenvalue weighted by molar-refractivity contribution is 5.86. The monoisotopic (exact) mass is 163 g/mol. The maximum absolute atomic E-state index is 10.5. The molecule has 0 aliphatic carbocycles. The van der Waals surface area contributed by atoms with E-state index in [1.807, 2.05) is 0 Å². The molecule has 0 atom stereocenters. The third-order valence-corrected chi connectivity index (χ3v) is 1.43. The summed E-state index contributed by atoms with van der Waals surface area (Å²) in [6, 6.07) is 3.27. The minimum Gasteiger partial charge on any atom is -0.477 e. The highest BCUT2D eigenvalue weighted by atomic mass is 16.4. The van der Waals surface area contributed by atoms with Gasteiger partial charge in [0.1, 0.15) is 5.69 Å². The lowest BCUT2D eigenvalue weighted by atomic mass is 10.2. The van der Waals surface area contributed by atoms with Crippen LogP contribution < -0.4 is 0 Å². The van der Waals surface area contributed by atoms with E-state index in [0.29, 0.717) is 5.69 Å². The second-order valence-electron chi connectivity index (χ2n) is 2.44. The standard InChI is InChI=1S/C9H9NO2/c1-3-7-4-6(2)10-8(5-7)9(11)12/h3-5H,1H2,2H3,(H,11,12). The molecule has 0 bridgehead atoms. The van der Waals surface area contributed by atoms with Crippen LogP contribution in [0.5, 0.6) is 0 Å². The third-order valence-electron chi connectivity index (χ3n) is 1.43. The average molecular weight is 163 g/mol. The van der Waals surface area contributed by atoms with Gasteiger partial charge in [0.2, 0.25) is 0 Å². The molecule has 0 spiro atoms. The van der Waals surface area contributed by atoms with Crippen LogP contribution in [0.4, 0.5) is 0 Å². The van der Waals surface area contributed by atoms with Gasteiger partial charge in [-0.25, -0.2) is 9.78 Å². The van der Waals surface area contributed by atoms with Crippen molar-refractivity contribution in [1.82, 2.24) is 4.98 Å². The molecular weight excluding hydrogens is 154 g/mol. The Morgan fingerprint density at radius 3 is 2.83 bits per heavy atom. The second kappa shape index (κ2) is 3.17. The number of pyridine rings is 1. The van der Waals surface area contributed by atoms with E-state index in [2.05, 4.69) is 11.6 Å². The van der Waals surface area contributed by atoms with Crippen LogP contribution in [0.15, 0.2) is 18.7 Å². The summed E-state index contributed by atoms with van der Waals surface area (Å²) in [4.78, 5) is 14.4. The first-order valence-corrected chi connectivity index (χ1v) is 3.48. The van der Waals surface area contributed by atoms with Gasteiger partial charge in [-0.3, -0.25) is 0 Å². The summed E-state index contributed by atoms with van der Waals surface area (Å²) in [5, 5.41) is 8.63. The Morgan fingerprint density at radius 2 is 2.33 bits per heavy atom. The van der Waals surface area contributed by atoms with Crippen LogP contribution in [0, 0.1) is 6.92 Å². The summed E-state index contributed by atoms with van der Waals surface area (Å²) in [6.07, 6.45) is 1.60. The molecule has 62 valence electrons. The number of carboxylic acids is 1. The van der Waals surface area contributed by atoms with E-state index in [9.17, 15) is 4.79 Å². The van der Waals surface area contributed by atoms with Gasteiger partial charge in [0.15, 0.2) is 0 Å². The van der Waals surface area contributed by atoms with E-state index in [4.69, 9.17) is 5.11 Å². The predicted molar refractivity (Wildman–Crippen MR) is 46.0 cm³/mol. The summed E-state index contributed by atoms with van der Waals surface area (Å²) >= 11 is 0. The normalized spacial score (nSPS) is 9.42. The number of aryl methyl sites for hydroxylation is 1. The molecule has 1 heterocycles. The van der Waals surface area contributed by atoms with Crippen LogP contribution in [0.25, 0.3) is 6.08 Å². The molecule has 0 aromatic carbocycles. The lowest BCUT2D eigenvalue weighted by Crippen LogP contribution is -2.01. The topological polar surface area (TPSA) is 50.2 Å². The highest BCUT2D eigenvalue weighted by Crippen LogP contribution is 2.06. The molecule has 0 fully saturated rings. The van der Waals surface area contributed by atoms with Crippen molar-refractivity contribution in [1.29, 1.82) is 0 Å². The SMILES string of the molecule is C=Cc1cc(C)nc(C(=O)O)c1. The van der Waals surface area contributed by atoms with Gasteiger partial charge in [-0.1, -0.05) is 12.7 Å². The Bertz CT molecular complexity index is 331. The molecule has 3 nitrogen and oxygen atoms in total. The first-order chi connectivity index (χ1) is 5.63. The van der Waals surface area contributed by atoms with Gasteiger partial charge >= 0.3 is 5.97 Å². The second-order valence-corrected chi connectivity index (χ2v) is 2.44. The van der Waals surface area contributed by atoms with Crippen molar-refractivity contribution in [3.8, 4) is 0 Å². The number of nitrogens with zero attached hydrogens (tertiary/aromatic N) is 1. The molecule has 1 aromatic rings. The number of aromatic nitrogens is 1. The summed E-state index contributed by atoms with van der Waals surface area (Å²) in [5.41, 5.74) is 1.52. The minimum atomic E-state index is -1.01. The van der Waals surface area contributed by atoms with E-state index >= 15 is 0 Å². The summed E-state index contributed by atoms with van der Waals surface area (Å²) < 4.78 is 0. The molecule has 3 heteroatoms. The number of carbonyl (C=O) groups is 1. The predicted octanol–water partition coefficient (Wildman–Crippen LogP) is 1.73. The van der Waals surface area contributed by atoms with Crippen LogP contribution in [-0.4, -0.2) is 16.1 Å². The summed E-state index contributed by atoms with van der Waals surface area (Å²) in [7, 11) is 0. The lowest BCUT2D eigenvalue weighted by molar-refractivity contribution is 0.0690. The molecule has 0 saturated heterocycles. The zero-order chi connectivity index (χ0) is 9.14. The van der Waals surface area contributed by atoms with E-state index in [-0.39, 0.29) is 5.69 Å². The molecular formula is C9H9NO2. The Kier molecular flexibility index (Phi) is 2.24. The van der Waals surface area contributed by atoms with Gasteiger partial charge in [0.25, 0.3) is 0 Å². The lowest BCUT2D eigenvalue weighted by Gasteiger charge is -1.98. The highest BCUT2D eigenvalue weighted by Gasteiger charge is 2.04. The van der Waals surface area contributed by atoms with Crippen LogP contribution in [0.1, 0.15) is 21.7 Å². The first kappa shape index (κ1) is 8.46. The molecule has 1 aromatic heterocycles. The maximum Gasteiger partial charge on any atom is 0.354 e. The molecule has 0 radical (unpaired) electrons. The van der Waals surface area contributed by atoms with E-state index in [0.717, 1.165) is 5.56 Å². The van der Waals surface area contributed by atoms with Gasteiger partial charge in [0.05, 0.1) is 0 Å². The molecule has 1 rings (SSSR count). The van der Waals surface area contributed by atoms with Crippen molar-refractivity contribution in [2.75, 3.05) is 0 Å². The van der Waals surface area contributed by atoms with Crippen molar-refractivity contribution in [2.45, 2.75) is 6.92 Å². The fourth-order valence-electron chi connectivity index (χ4n) is 0.923. The Balaban J connectivity index is 3.23. The van der Waals surface area contributed by atoms with E-state index in [1.54, 1.807) is 19.1 Å². The van der Waals surface area contributed by atoms with Crippen molar-refractivity contribution in [3.05, 3.63) is 35.7 Å². The molecule has 0 aliphatic rings. The maximum atomic E-state index is 10.5. The fourth-order valence-corrected chi connectivity index (χ4v) is 0.923. The van der Waals surface area contributed by atoms with Crippen LogP contribution in [0.3, 0.4) is 0 Å². The summed E-state index contributed by atoms with van der Waals surface area (Å²) in [6.45, 7) is 5.30. The van der Waals surface area contributed by atoms with Gasteiger partial charge in [0, 0.05) is 5.69 Å². The van der Waals surface area contributed by atoms with Crippen molar-refractivity contribution in [2.24, 2.45) is 0 Å². The van der Waals surface area contributed by atoms with Crippen molar-refractivity contribution in [3.63, 3.8) is 0 Å². The number of carboxylic acid groups (broad SMARTS) is 1. The quantitative estimate of drug-likeness (QED) is 0.722. The zero-order valence-electron chi connectivity index (χ0n) is 6.74. The zero-order valence-corrected chi connectivity index (χ0v) is 6.74. The summed E-state index contributed by atoms with van der Waals surface area (Å²) in [5.74, 6) is -1.01. The third kappa shape index (κ3) is 1.69. The Morgan fingerprint density at radius 1 is 1.67 bits per heavy atom. The van der Waals surface area contributed by atoms with E-state index < -0.39 is 5.97 Å². The molecule has 0 aliphatic heterocycles. The van der Waals surface area contributed by atoms with Crippen LogP contribution in [0.2, 0.25) is 0 Å². The van der Waals surface area contributed by atoms with Gasteiger partial charge < -0.3 is 5.11 Å². The van der Waals surface area contributed by atoms with Gasteiger partial charge in [-0.2, -0.15) is 0 Å². The number of hydrogen-bond donors (Lipinski definition) is 1. The Labute approximate surface area is 70.4 Å². The van der Waals surface area contributed by atoms with Crippen LogP contribution in [-0.2, 0) is 0 Å². The number of hydrogen-bond acceptors (Lipinski definition) is 2. The van der Waals surface area contributed by atoms with E-state index in [1.165, 1.54) is 6.07 Å². The van der Waals surface area contributed by atoms with Gasteiger partial charge in [-0.05, 0) is 24.6 Å². The molecule has 12 heavy (non-hydrogen) atoms. The average Bonchev–Trinajstić information content (AvgIpc) is 2.03. The first-order valence-electron chi connectivity index (χ1n) is 3.48. The number of rotatable bonds is 2.